The fourth-order valence-electron chi connectivity index (χ4n) is 3.51. The molecule has 2 heterocycles. The second-order valence-electron chi connectivity index (χ2n) is 5.62. The number of aliphatic carboxylic acids is 1. The second-order valence-corrected chi connectivity index (χ2v) is 6.06. The molecule has 1 N–H and O–H groups in total. The van der Waals surface area contributed by atoms with E-state index in [0.29, 0.717) is 23.6 Å². The van der Waals surface area contributed by atoms with Crippen LogP contribution in [-0.2, 0) is 16.0 Å². The van der Waals surface area contributed by atoms with Gasteiger partial charge in [0.15, 0.2) is 0 Å². The van der Waals surface area contributed by atoms with E-state index in [1.807, 2.05) is 0 Å². The lowest BCUT2D eigenvalue weighted by Crippen LogP contribution is -2.42. The maximum atomic E-state index is 11.8. The SMILES string of the molecule is COc1ccc(Cl)cc1CC1(C(=O)O)CC2CCC1O2. The number of fused-ring (bicyclic) bond motifs is 2. The number of hydrogen-bond acceptors (Lipinski definition) is 3. The third-order valence-electron chi connectivity index (χ3n) is 4.49. The van der Waals surface area contributed by atoms with Crippen molar-refractivity contribution in [1.82, 2.24) is 0 Å². The van der Waals surface area contributed by atoms with Crippen LogP contribution in [0.25, 0.3) is 0 Å². The van der Waals surface area contributed by atoms with Gasteiger partial charge in [-0.1, -0.05) is 11.6 Å². The molecule has 0 aromatic heterocycles. The van der Waals surface area contributed by atoms with Gasteiger partial charge in [0, 0.05) is 5.02 Å². The van der Waals surface area contributed by atoms with Gasteiger partial charge in [0.1, 0.15) is 11.2 Å². The van der Waals surface area contributed by atoms with E-state index in [1.54, 1.807) is 25.3 Å². The molecular formula is C15H17ClO4. The van der Waals surface area contributed by atoms with Crippen LogP contribution in [0.5, 0.6) is 5.75 Å². The lowest BCUT2D eigenvalue weighted by atomic mass is 9.70. The predicted octanol–water partition coefficient (Wildman–Crippen LogP) is 2.91. The van der Waals surface area contributed by atoms with Crippen LogP contribution in [0.2, 0.25) is 5.02 Å². The fourth-order valence-corrected chi connectivity index (χ4v) is 3.71. The van der Waals surface area contributed by atoms with E-state index in [4.69, 9.17) is 21.1 Å². The van der Waals surface area contributed by atoms with Crippen LogP contribution in [-0.4, -0.2) is 30.4 Å². The highest BCUT2D eigenvalue weighted by atomic mass is 35.5. The highest BCUT2D eigenvalue weighted by molar-refractivity contribution is 6.30. The van der Waals surface area contributed by atoms with Gasteiger partial charge in [0.25, 0.3) is 0 Å². The van der Waals surface area contributed by atoms with Crippen LogP contribution >= 0.6 is 11.6 Å². The van der Waals surface area contributed by atoms with Gasteiger partial charge in [-0.2, -0.15) is 0 Å². The Morgan fingerprint density at radius 1 is 1.55 bits per heavy atom. The number of methoxy groups -OCH3 is 1. The lowest BCUT2D eigenvalue weighted by molar-refractivity contribution is -0.152. The summed E-state index contributed by atoms with van der Waals surface area (Å²) in [6, 6.07) is 5.31. The predicted molar refractivity (Wildman–Crippen MR) is 74.3 cm³/mol. The van der Waals surface area contributed by atoms with Gasteiger partial charge >= 0.3 is 5.97 Å². The molecule has 2 bridgehead atoms. The largest absolute Gasteiger partial charge is 0.496 e. The molecule has 3 unspecified atom stereocenters. The van der Waals surface area contributed by atoms with Gasteiger partial charge < -0.3 is 14.6 Å². The van der Waals surface area contributed by atoms with Crippen molar-refractivity contribution >= 4 is 17.6 Å². The van der Waals surface area contributed by atoms with E-state index in [1.165, 1.54) is 0 Å². The molecule has 3 rings (SSSR count). The number of hydrogen-bond donors (Lipinski definition) is 1. The normalized spacial score (nSPS) is 31.5. The van der Waals surface area contributed by atoms with E-state index in [0.717, 1.165) is 18.4 Å². The average molecular weight is 297 g/mol. The Kier molecular flexibility index (Phi) is 3.38. The molecule has 2 saturated heterocycles. The van der Waals surface area contributed by atoms with Crippen LogP contribution in [0.3, 0.4) is 0 Å². The number of carboxylic acid groups (broad SMARTS) is 1. The molecule has 4 nitrogen and oxygen atoms in total. The summed E-state index contributed by atoms with van der Waals surface area (Å²) < 4.78 is 11.1. The first-order valence-corrected chi connectivity index (χ1v) is 7.14. The third-order valence-corrected chi connectivity index (χ3v) is 4.73. The first-order chi connectivity index (χ1) is 9.55. The van der Waals surface area contributed by atoms with Gasteiger partial charge in [0.05, 0.1) is 19.3 Å². The van der Waals surface area contributed by atoms with Crippen LogP contribution in [0.1, 0.15) is 24.8 Å². The maximum absolute atomic E-state index is 11.8. The molecule has 2 aliphatic heterocycles. The summed E-state index contributed by atoms with van der Waals surface area (Å²) in [6.45, 7) is 0. The summed E-state index contributed by atoms with van der Waals surface area (Å²) in [5.74, 6) is -0.107. The number of carboxylic acids is 1. The second kappa shape index (κ2) is 4.93. The van der Waals surface area contributed by atoms with Gasteiger partial charge in [-0.3, -0.25) is 4.79 Å². The van der Waals surface area contributed by atoms with E-state index in [9.17, 15) is 9.90 Å². The van der Waals surface area contributed by atoms with Crippen molar-refractivity contribution in [3.05, 3.63) is 28.8 Å². The molecule has 0 saturated carbocycles. The van der Waals surface area contributed by atoms with Gasteiger partial charge in [0.2, 0.25) is 0 Å². The Morgan fingerprint density at radius 3 is 2.90 bits per heavy atom. The van der Waals surface area contributed by atoms with Crippen molar-refractivity contribution in [2.75, 3.05) is 7.11 Å². The van der Waals surface area contributed by atoms with Crippen molar-refractivity contribution in [3.8, 4) is 5.75 Å². The van der Waals surface area contributed by atoms with Crippen LogP contribution in [0.15, 0.2) is 18.2 Å². The van der Waals surface area contributed by atoms with Gasteiger partial charge in [-0.25, -0.2) is 0 Å². The Balaban J connectivity index is 1.96. The molecule has 2 aliphatic rings. The van der Waals surface area contributed by atoms with E-state index in [-0.39, 0.29) is 12.2 Å². The summed E-state index contributed by atoms with van der Waals surface area (Å²) in [5.41, 5.74) is -0.0144. The van der Waals surface area contributed by atoms with Crippen LogP contribution < -0.4 is 4.74 Å². The summed E-state index contributed by atoms with van der Waals surface area (Å²) in [6.07, 6.45) is 2.64. The Bertz CT molecular complexity index is 545. The van der Waals surface area contributed by atoms with Crippen molar-refractivity contribution in [2.45, 2.75) is 37.9 Å². The number of benzene rings is 1. The number of halogens is 1. The summed E-state index contributed by atoms with van der Waals surface area (Å²) in [7, 11) is 1.58. The Morgan fingerprint density at radius 2 is 2.35 bits per heavy atom. The highest BCUT2D eigenvalue weighted by Crippen LogP contribution is 2.50. The Labute approximate surface area is 122 Å². The van der Waals surface area contributed by atoms with E-state index < -0.39 is 11.4 Å². The topological polar surface area (TPSA) is 55.8 Å². The maximum Gasteiger partial charge on any atom is 0.312 e. The molecule has 1 aromatic rings. The van der Waals surface area contributed by atoms with Crippen molar-refractivity contribution in [3.63, 3.8) is 0 Å². The Hall–Kier alpha value is -1.26. The van der Waals surface area contributed by atoms with E-state index >= 15 is 0 Å². The molecule has 0 spiro atoms. The zero-order valence-corrected chi connectivity index (χ0v) is 12.0. The molecule has 0 aliphatic carbocycles. The molecule has 108 valence electrons. The number of rotatable bonds is 4. The minimum Gasteiger partial charge on any atom is -0.496 e. The number of ether oxygens (including phenoxy) is 2. The standard InChI is InChI=1S/C15H17ClO4/c1-19-12-4-2-10(16)6-9(12)7-15(14(17)18)8-11-3-5-13(15)20-11/h2,4,6,11,13H,3,5,7-8H2,1H3,(H,17,18). The van der Waals surface area contributed by atoms with Gasteiger partial charge in [-0.05, 0) is 49.4 Å². The number of carbonyl (C=O) groups is 1. The molecule has 0 radical (unpaired) electrons. The van der Waals surface area contributed by atoms with Crippen LogP contribution in [0.4, 0.5) is 0 Å². The molecule has 0 amide bonds. The van der Waals surface area contributed by atoms with Crippen molar-refractivity contribution < 1.29 is 19.4 Å². The minimum absolute atomic E-state index is 0.0845. The lowest BCUT2D eigenvalue weighted by Gasteiger charge is -2.31. The molecule has 20 heavy (non-hydrogen) atoms. The summed E-state index contributed by atoms with van der Waals surface area (Å²) in [5, 5.41) is 10.3. The first kappa shape index (κ1) is 13.7. The smallest absolute Gasteiger partial charge is 0.312 e. The molecule has 3 atom stereocenters. The summed E-state index contributed by atoms with van der Waals surface area (Å²) in [4.78, 5) is 11.8. The molecule has 1 aromatic carbocycles. The van der Waals surface area contributed by atoms with Gasteiger partial charge in [-0.15, -0.1) is 0 Å². The zero-order chi connectivity index (χ0) is 14.3. The first-order valence-electron chi connectivity index (χ1n) is 6.76. The minimum atomic E-state index is -0.846. The highest BCUT2D eigenvalue weighted by Gasteiger charge is 2.57. The summed E-state index contributed by atoms with van der Waals surface area (Å²) >= 11 is 6.03. The third kappa shape index (κ3) is 2.07. The fraction of sp³-hybridized carbons (Fsp3) is 0.533. The van der Waals surface area contributed by atoms with Crippen molar-refractivity contribution in [2.24, 2.45) is 5.41 Å². The van der Waals surface area contributed by atoms with Crippen molar-refractivity contribution in [1.29, 1.82) is 0 Å². The molecule has 5 heteroatoms. The monoisotopic (exact) mass is 296 g/mol. The van der Waals surface area contributed by atoms with Crippen LogP contribution in [0, 0.1) is 5.41 Å². The molecular weight excluding hydrogens is 280 g/mol. The average Bonchev–Trinajstić information content (AvgIpc) is 3.00. The van der Waals surface area contributed by atoms with E-state index in [2.05, 4.69) is 0 Å². The molecule has 2 fully saturated rings. The quantitative estimate of drug-likeness (QED) is 0.928. The zero-order valence-electron chi connectivity index (χ0n) is 11.3.